The Kier molecular flexibility index (Phi) is 7.83. The topological polar surface area (TPSA) is 38.3 Å². The second kappa shape index (κ2) is 9.11. The lowest BCUT2D eigenvalue weighted by atomic mass is 9.95. The summed E-state index contributed by atoms with van der Waals surface area (Å²) in [5.41, 5.74) is 5.28. The number of carbonyl (C=O) groups excluding carboxylic acids is 1. The molecule has 1 aromatic carbocycles. The average Bonchev–Trinajstić information content (AvgIpc) is 2.37. The van der Waals surface area contributed by atoms with E-state index < -0.39 is 0 Å². The fourth-order valence-electron chi connectivity index (χ4n) is 2.69. The number of esters is 1. The van der Waals surface area contributed by atoms with Gasteiger partial charge in [0.25, 0.3) is 0 Å². The normalized spacial score (nSPS) is 12.2. The van der Waals surface area contributed by atoms with Crippen LogP contribution in [-0.4, -0.2) is 30.6 Å². The molecule has 0 heterocycles. The maximum Gasteiger partial charge on any atom is 0.315 e. The van der Waals surface area contributed by atoms with Gasteiger partial charge in [0, 0.05) is 11.8 Å². The minimum absolute atomic E-state index is 0.130. The fourth-order valence-corrected chi connectivity index (χ4v) is 3.58. The highest BCUT2D eigenvalue weighted by molar-refractivity contribution is 7.99. The lowest BCUT2D eigenvalue weighted by molar-refractivity contribution is -0.139. The predicted octanol–water partition coefficient (Wildman–Crippen LogP) is 3.56. The zero-order chi connectivity index (χ0) is 15.8. The van der Waals surface area contributed by atoms with E-state index in [4.69, 9.17) is 4.74 Å². The summed E-state index contributed by atoms with van der Waals surface area (Å²) in [5.74, 6) is 1.16. The van der Waals surface area contributed by atoms with Gasteiger partial charge in [-0.2, -0.15) is 0 Å². The van der Waals surface area contributed by atoms with Gasteiger partial charge in [-0.25, -0.2) is 0 Å². The summed E-state index contributed by atoms with van der Waals surface area (Å²) in [5, 5.41) is 3.53. The van der Waals surface area contributed by atoms with Crippen LogP contribution in [0, 0.1) is 20.8 Å². The van der Waals surface area contributed by atoms with Crippen LogP contribution in [-0.2, 0) is 9.53 Å². The molecule has 0 saturated heterocycles. The van der Waals surface area contributed by atoms with Crippen molar-refractivity contribution in [2.45, 2.75) is 40.7 Å². The molecule has 4 heteroatoms. The molecule has 0 aliphatic heterocycles. The lowest BCUT2D eigenvalue weighted by Crippen LogP contribution is -2.25. The molecule has 1 atom stereocenters. The number of carbonyl (C=O) groups is 1. The summed E-state index contributed by atoms with van der Waals surface area (Å²) in [4.78, 5) is 11.4. The van der Waals surface area contributed by atoms with Crippen LogP contribution in [0.3, 0.4) is 0 Å². The van der Waals surface area contributed by atoms with Crippen LogP contribution >= 0.6 is 11.8 Å². The Balaban J connectivity index is 2.76. The maximum atomic E-state index is 11.4. The van der Waals surface area contributed by atoms with Crippen molar-refractivity contribution in [2.75, 3.05) is 24.7 Å². The first-order valence-electron chi connectivity index (χ1n) is 7.54. The second-order valence-corrected chi connectivity index (χ2v) is 6.27. The quantitative estimate of drug-likeness (QED) is 0.745. The molecule has 0 bridgehead atoms. The first-order chi connectivity index (χ1) is 9.99. The van der Waals surface area contributed by atoms with Gasteiger partial charge in [-0.15, -0.1) is 11.8 Å². The van der Waals surface area contributed by atoms with Crippen LogP contribution in [0.25, 0.3) is 0 Å². The van der Waals surface area contributed by atoms with Crippen molar-refractivity contribution in [3.05, 3.63) is 34.4 Å². The van der Waals surface area contributed by atoms with E-state index in [1.165, 1.54) is 22.3 Å². The summed E-state index contributed by atoms with van der Waals surface area (Å²) in [6.07, 6.45) is 0. The molecule has 0 radical (unpaired) electrons. The average molecular weight is 309 g/mol. The molecule has 1 unspecified atom stereocenters. The first-order valence-corrected chi connectivity index (χ1v) is 8.69. The third-order valence-electron chi connectivity index (χ3n) is 3.35. The molecule has 0 aromatic heterocycles. The van der Waals surface area contributed by atoms with Crippen LogP contribution < -0.4 is 5.32 Å². The smallest absolute Gasteiger partial charge is 0.315 e. The Morgan fingerprint density at radius 3 is 2.38 bits per heavy atom. The van der Waals surface area contributed by atoms with Crippen molar-refractivity contribution in [2.24, 2.45) is 0 Å². The largest absolute Gasteiger partial charge is 0.465 e. The minimum atomic E-state index is -0.130. The van der Waals surface area contributed by atoms with Gasteiger partial charge in [-0.3, -0.25) is 4.79 Å². The van der Waals surface area contributed by atoms with Gasteiger partial charge in [-0.1, -0.05) is 24.6 Å². The van der Waals surface area contributed by atoms with Crippen molar-refractivity contribution in [1.29, 1.82) is 0 Å². The van der Waals surface area contributed by atoms with E-state index >= 15 is 0 Å². The number of hydrogen-bond donors (Lipinski definition) is 1. The highest BCUT2D eigenvalue weighted by atomic mass is 32.2. The summed E-state index contributed by atoms with van der Waals surface area (Å²) in [6, 6.07) is 4.72. The lowest BCUT2D eigenvalue weighted by Gasteiger charge is -2.22. The van der Waals surface area contributed by atoms with E-state index in [2.05, 4.69) is 45.1 Å². The number of thioether (sulfide) groups is 1. The monoisotopic (exact) mass is 309 g/mol. The Morgan fingerprint density at radius 2 is 1.86 bits per heavy atom. The molecular formula is C17H27NO2S. The Morgan fingerprint density at radius 1 is 1.24 bits per heavy atom. The van der Waals surface area contributed by atoms with Gasteiger partial charge in [0.05, 0.1) is 12.4 Å². The van der Waals surface area contributed by atoms with E-state index in [9.17, 15) is 4.79 Å². The highest BCUT2D eigenvalue weighted by Gasteiger charge is 2.16. The fraction of sp³-hybridized carbons (Fsp3) is 0.588. The first kappa shape index (κ1) is 18.1. The van der Waals surface area contributed by atoms with Crippen molar-refractivity contribution >= 4 is 17.7 Å². The summed E-state index contributed by atoms with van der Waals surface area (Å²) in [7, 11) is 0. The SMILES string of the molecule is CCNC(CSCC(=O)OCC)c1c(C)cc(C)cc1C. The standard InChI is InChI=1S/C17H27NO2S/c1-6-18-15(10-21-11-16(19)20-7-2)17-13(4)8-12(3)9-14(17)5/h8-9,15,18H,6-7,10-11H2,1-5H3. The highest BCUT2D eigenvalue weighted by Crippen LogP contribution is 2.26. The van der Waals surface area contributed by atoms with Gasteiger partial charge in [-0.05, 0) is 50.9 Å². The van der Waals surface area contributed by atoms with Crippen molar-refractivity contribution in [3.63, 3.8) is 0 Å². The molecule has 118 valence electrons. The second-order valence-electron chi connectivity index (χ2n) is 5.24. The summed E-state index contributed by atoms with van der Waals surface area (Å²) < 4.78 is 4.97. The van der Waals surface area contributed by atoms with Crippen molar-refractivity contribution < 1.29 is 9.53 Å². The molecule has 21 heavy (non-hydrogen) atoms. The molecule has 0 fully saturated rings. The third-order valence-corrected chi connectivity index (χ3v) is 4.36. The molecule has 0 spiro atoms. The van der Waals surface area contributed by atoms with E-state index in [1.807, 2.05) is 6.92 Å². The van der Waals surface area contributed by atoms with E-state index in [0.29, 0.717) is 12.4 Å². The number of nitrogens with one attached hydrogen (secondary N) is 1. The molecule has 3 nitrogen and oxygen atoms in total. The van der Waals surface area contributed by atoms with Crippen LogP contribution in [0.1, 0.15) is 42.1 Å². The summed E-state index contributed by atoms with van der Waals surface area (Å²) >= 11 is 1.63. The van der Waals surface area contributed by atoms with E-state index in [-0.39, 0.29) is 12.0 Å². The van der Waals surface area contributed by atoms with E-state index in [1.54, 1.807) is 11.8 Å². The molecule has 0 aliphatic carbocycles. The Bertz CT molecular complexity index is 451. The minimum Gasteiger partial charge on any atom is -0.465 e. The zero-order valence-corrected chi connectivity index (χ0v) is 14.6. The molecule has 1 N–H and O–H groups in total. The van der Waals surface area contributed by atoms with Gasteiger partial charge in [0.2, 0.25) is 0 Å². The van der Waals surface area contributed by atoms with Crippen molar-refractivity contribution in [1.82, 2.24) is 5.32 Å². The number of aryl methyl sites for hydroxylation is 3. The van der Waals surface area contributed by atoms with Gasteiger partial charge >= 0.3 is 5.97 Å². The van der Waals surface area contributed by atoms with Crippen LogP contribution in [0.5, 0.6) is 0 Å². The number of rotatable bonds is 8. The molecular weight excluding hydrogens is 282 g/mol. The Labute approximate surface area is 132 Å². The molecule has 1 rings (SSSR count). The number of hydrogen-bond acceptors (Lipinski definition) is 4. The van der Waals surface area contributed by atoms with Crippen molar-refractivity contribution in [3.8, 4) is 0 Å². The van der Waals surface area contributed by atoms with E-state index in [0.717, 1.165) is 12.3 Å². The van der Waals surface area contributed by atoms with Crippen LogP contribution in [0.2, 0.25) is 0 Å². The number of benzene rings is 1. The summed E-state index contributed by atoms with van der Waals surface area (Å²) in [6.45, 7) is 11.8. The van der Waals surface area contributed by atoms with Crippen LogP contribution in [0.4, 0.5) is 0 Å². The third kappa shape index (κ3) is 5.71. The van der Waals surface area contributed by atoms with Crippen LogP contribution in [0.15, 0.2) is 12.1 Å². The molecule has 1 aromatic rings. The zero-order valence-electron chi connectivity index (χ0n) is 13.8. The molecule has 0 aliphatic rings. The van der Waals surface area contributed by atoms with Gasteiger partial charge in [0.1, 0.15) is 0 Å². The maximum absolute atomic E-state index is 11.4. The van der Waals surface area contributed by atoms with Gasteiger partial charge < -0.3 is 10.1 Å². The van der Waals surface area contributed by atoms with Gasteiger partial charge in [0.15, 0.2) is 0 Å². The molecule has 0 saturated carbocycles. The molecule has 0 amide bonds. The predicted molar refractivity (Wildman–Crippen MR) is 91.0 cm³/mol. The Hall–Kier alpha value is -1.00. The number of ether oxygens (including phenoxy) is 1.